The molecule has 0 nitrogen and oxygen atoms in total. The SMILES string of the molecule is C1=C(c2ccccc2)CC2c3ccccc3CC3(CCCC3)C12. The largest absolute Gasteiger partial charge is 0.0764 e. The number of allylic oxidation sites excluding steroid dienone is 2. The number of hydrogen-bond donors (Lipinski definition) is 0. The molecule has 1 spiro atoms. The molecule has 0 amide bonds. The van der Waals surface area contributed by atoms with Crippen LogP contribution in [0.25, 0.3) is 5.57 Å². The van der Waals surface area contributed by atoms with Crippen molar-refractivity contribution in [1.82, 2.24) is 0 Å². The van der Waals surface area contributed by atoms with E-state index in [1.54, 1.807) is 16.7 Å². The summed E-state index contributed by atoms with van der Waals surface area (Å²) in [5.41, 5.74) is 6.85. The molecule has 2 aromatic rings. The predicted octanol–water partition coefficient (Wildman–Crippen LogP) is 5.99. The molecule has 0 heterocycles. The fraction of sp³-hybridized carbons (Fsp3) is 0.391. The second-order valence-corrected chi connectivity index (χ2v) is 7.84. The molecule has 2 atom stereocenters. The lowest BCUT2D eigenvalue weighted by molar-refractivity contribution is 0.167. The van der Waals surface area contributed by atoms with Gasteiger partial charge in [0.05, 0.1) is 0 Å². The van der Waals surface area contributed by atoms with Crippen molar-refractivity contribution in [3.8, 4) is 0 Å². The molecule has 0 N–H and O–H groups in total. The van der Waals surface area contributed by atoms with Gasteiger partial charge in [0.2, 0.25) is 0 Å². The fourth-order valence-electron chi connectivity index (χ4n) is 5.68. The Kier molecular flexibility index (Phi) is 3.01. The maximum absolute atomic E-state index is 2.67. The summed E-state index contributed by atoms with van der Waals surface area (Å²) in [6, 6.07) is 20.3. The Morgan fingerprint density at radius 3 is 2.39 bits per heavy atom. The lowest BCUT2D eigenvalue weighted by Gasteiger charge is -2.44. The van der Waals surface area contributed by atoms with Gasteiger partial charge in [-0.1, -0.05) is 73.5 Å². The van der Waals surface area contributed by atoms with Gasteiger partial charge in [0.1, 0.15) is 0 Å². The second-order valence-electron chi connectivity index (χ2n) is 7.84. The van der Waals surface area contributed by atoms with Crippen LogP contribution in [0.2, 0.25) is 0 Å². The van der Waals surface area contributed by atoms with Crippen LogP contribution in [0.15, 0.2) is 60.7 Å². The minimum atomic E-state index is 0.551. The Labute approximate surface area is 139 Å². The monoisotopic (exact) mass is 300 g/mol. The Hall–Kier alpha value is -1.82. The van der Waals surface area contributed by atoms with Gasteiger partial charge < -0.3 is 0 Å². The first-order valence-electron chi connectivity index (χ1n) is 9.20. The van der Waals surface area contributed by atoms with Gasteiger partial charge in [-0.15, -0.1) is 0 Å². The predicted molar refractivity (Wildman–Crippen MR) is 96.3 cm³/mol. The van der Waals surface area contributed by atoms with E-state index in [0.29, 0.717) is 11.3 Å². The van der Waals surface area contributed by atoms with E-state index in [4.69, 9.17) is 0 Å². The molecule has 0 heteroatoms. The lowest BCUT2D eigenvalue weighted by Crippen LogP contribution is -2.36. The van der Waals surface area contributed by atoms with Crippen LogP contribution in [-0.4, -0.2) is 0 Å². The van der Waals surface area contributed by atoms with Crippen LogP contribution >= 0.6 is 0 Å². The lowest BCUT2D eigenvalue weighted by atomic mass is 9.60. The van der Waals surface area contributed by atoms with Crippen LogP contribution in [0.3, 0.4) is 0 Å². The third-order valence-electron chi connectivity index (χ3n) is 6.70. The van der Waals surface area contributed by atoms with E-state index in [-0.39, 0.29) is 0 Å². The van der Waals surface area contributed by atoms with Crippen LogP contribution in [0.1, 0.15) is 54.7 Å². The van der Waals surface area contributed by atoms with Crippen LogP contribution in [0.4, 0.5) is 0 Å². The normalized spacial score (nSPS) is 27.6. The van der Waals surface area contributed by atoms with Gasteiger partial charge in [-0.2, -0.15) is 0 Å². The molecule has 116 valence electrons. The van der Waals surface area contributed by atoms with E-state index in [1.807, 2.05) is 0 Å². The Morgan fingerprint density at radius 2 is 1.57 bits per heavy atom. The molecular formula is C23H24. The first-order valence-corrected chi connectivity index (χ1v) is 9.20. The van der Waals surface area contributed by atoms with Crippen molar-refractivity contribution in [2.45, 2.75) is 44.4 Å². The second kappa shape index (κ2) is 5.09. The molecule has 5 rings (SSSR count). The van der Waals surface area contributed by atoms with Crippen LogP contribution < -0.4 is 0 Å². The quantitative estimate of drug-likeness (QED) is 0.607. The summed E-state index contributed by atoms with van der Waals surface area (Å²) in [5.74, 6) is 1.48. The molecule has 1 saturated carbocycles. The summed E-state index contributed by atoms with van der Waals surface area (Å²) in [7, 11) is 0. The number of fused-ring (bicyclic) bond motifs is 4. The van der Waals surface area contributed by atoms with Crippen molar-refractivity contribution in [3.05, 3.63) is 77.4 Å². The highest BCUT2D eigenvalue weighted by atomic mass is 14.5. The molecule has 0 bridgehead atoms. The minimum Gasteiger partial charge on any atom is -0.0764 e. The molecule has 2 aromatic carbocycles. The van der Waals surface area contributed by atoms with E-state index in [0.717, 1.165) is 5.92 Å². The van der Waals surface area contributed by atoms with E-state index in [9.17, 15) is 0 Å². The van der Waals surface area contributed by atoms with Crippen molar-refractivity contribution in [2.24, 2.45) is 11.3 Å². The third kappa shape index (κ3) is 2.04. The van der Waals surface area contributed by atoms with Crippen LogP contribution in [-0.2, 0) is 6.42 Å². The molecule has 3 aliphatic rings. The van der Waals surface area contributed by atoms with E-state index < -0.39 is 0 Å². The van der Waals surface area contributed by atoms with Gasteiger partial charge in [-0.25, -0.2) is 0 Å². The van der Waals surface area contributed by atoms with Crippen molar-refractivity contribution in [2.75, 3.05) is 0 Å². The van der Waals surface area contributed by atoms with Crippen molar-refractivity contribution in [3.63, 3.8) is 0 Å². The zero-order chi connectivity index (χ0) is 15.3. The molecule has 2 unspecified atom stereocenters. The first kappa shape index (κ1) is 13.6. The minimum absolute atomic E-state index is 0.551. The maximum atomic E-state index is 2.67. The van der Waals surface area contributed by atoms with Crippen molar-refractivity contribution in [1.29, 1.82) is 0 Å². The average Bonchev–Trinajstić information content (AvgIpc) is 3.24. The Bertz CT molecular complexity index is 747. The zero-order valence-electron chi connectivity index (χ0n) is 13.7. The summed E-state index contributed by atoms with van der Waals surface area (Å²) >= 11 is 0. The maximum Gasteiger partial charge on any atom is -0.00501 e. The zero-order valence-corrected chi connectivity index (χ0v) is 13.7. The molecule has 23 heavy (non-hydrogen) atoms. The fourth-order valence-corrected chi connectivity index (χ4v) is 5.68. The summed E-state index contributed by atoms with van der Waals surface area (Å²) in [4.78, 5) is 0. The number of hydrogen-bond acceptors (Lipinski definition) is 0. The van der Waals surface area contributed by atoms with Gasteiger partial charge >= 0.3 is 0 Å². The molecule has 3 aliphatic carbocycles. The van der Waals surface area contributed by atoms with E-state index in [1.165, 1.54) is 44.1 Å². The molecule has 1 fully saturated rings. The molecular weight excluding hydrogens is 276 g/mol. The van der Waals surface area contributed by atoms with Crippen LogP contribution in [0, 0.1) is 11.3 Å². The average molecular weight is 300 g/mol. The summed E-state index contributed by atoms with van der Waals surface area (Å²) in [5, 5.41) is 0. The smallest absolute Gasteiger partial charge is 0.00501 e. The third-order valence-corrected chi connectivity index (χ3v) is 6.70. The summed E-state index contributed by atoms with van der Waals surface area (Å²) < 4.78 is 0. The highest BCUT2D eigenvalue weighted by Crippen LogP contribution is 2.60. The first-order chi connectivity index (χ1) is 11.4. The van der Waals surface area contributed by atoms with E-state index >= 15 is 0 Å². The van der Waals surface area contributed by atoms with Gasteiger partial charge in [0, 0.05) is 0 Å². The van der Waals surface area contributed by atoms with Gasteiger partial charge in [-0.05, 0) is 65.2 Å². The Morgan fingerprint density at radius 1 is 0.826 bits per heavy atom. The van der Waals surface area contributed by atoms with Gasteiger partial charge in [0.15, 0.2) is 0 Å². The molecule has 0 saturated heterocycles. The van der Waals surface area contributed by atoms with Gasteiger partial charge in [0.25, 0.3) is 0 Å². The number of benzene rings is 2. The van der Waals surface area contributed by atoms with E-state index in [2.05, 4.69) is 60.7 Å². The standard InChI is InChI=1S/C23H24/c1-2-8-17(9-3-1)19-14-21-20-11-5-4-10-18(20)16-23(22(21)15-19)12-6-7-13-23/h1-5,8-11,15,21-22H,6-7,12-14,16H2. The van der Waals surface area contributed by atoms with Gasteiger partial charge in [-0.3, -0.25) is 0 Å². The Balaban J connectivity index is 1.62. The highest BCUT2D eigenvalue weighted by molar-refractivity contribution is 5.70. The summed E-state index contributed by atoms with van der Waals surface area (Å²) in [6.07, 6.45) is 10.9. The summed E-state index contributed by atoms with van der Waals surface area (Å²) in [6.45, 7) is 0. The number of rotatable bonds is 1. The van der Waals surface area contributed by atoms with Crippen LogP contribution in [0.5, 0.6) is 0 Å². The van der Waals surface area contributed by atoms with Crippen molar-refractivity contribution >= 4 is 5.57 Å². The molecule has 0 aliphatic heterocycles. The molecule has 0 radical (unpaired) electrons. The van der Waals surface area contributed by atoms with Crippen molar-refractivity contribution < 1.29 is 0 Å². The highest BCUT2D eigenvalue weighted by Gasteiger charge is 2.50. The molecule has 0 aromatic heterocycles. The topological polar surface area (TPSA) is 0 Å².